The molecule has 3 aromatic rings. The first-order chi connectivity index (χ1) is 13.3. The predicted octanol–water partition coefficient (Wildman–Crippen LogP) is 7.25. The summed E-state index contributed by atoms with van der Waals surface area (Å²) in [5, 5.41) is 0. The Morgan fingerprint density at radius 3 is 1.96 bits per heavy atom. The van der Waals surface area contributed by atoms with E-state index in [9.17, 15) is 0 Å². The Morgan fingerprint density at radius 1 is 0.704 bits per heavy atom. The summed E-state index contributed by atoms with van der Waals surface area (Å²) in [6.07, 6.45) is 10.9. The molecule has 1 heteroatoms. The van der Waals surface area contributed by atoms with Gasteiger partial charge in [-0.2, -0.15) is 0 Å². The first-order valence-electron chi connectivity index (χ1n) is 10.1. The number of rotatable bonds is 8. The molecule has 138 valence electrons. The highest BCUT2D eigenvalue weighted by atomic mass is 16.3. The molecule has 0 saturated heterocycles. The first-order valence-corrected chi connectivity index (χ1v) is 10.1. The number of hydrogen-bond acceptors (Lipinski definition) is 1. The van der Waals surface area contributed by atoms with Crippen molar-refractivity contribution in [2.45, 2.75) is 51.9 Å². The van der Waals surface area contributed by atoms with Crippen LogP contribution in [-0.4, -0.2) is 0 Å². The summed E-state index contributed by atoms with van der Waals surface area (Å²) in [6, 6.07) is 20.8. The highest BCUT2D eigenvalue weighted by Crippen LogP contribution is 2.19. The van der Waals surface area contributed by atoms with Crippen LogP contribution < -0.4 is 0 Å². The lowest BCUT2D eigenvalue weighted by atomic mass is 10.0. The van der Waals surface area contributed by atoms with Crippen LogP contribution >= 0.6 is 0 Å². The van der Waals surface area contributed by atoms with Crippen LogP contribution in [0.15, 0.2) is 71.3 Å². The quantitative estimate of drug-likeness (QED) is 0.306. The van der Waals surface area contributed by atoms with Crippen LogP contribution in [0.25, 0.3) is 11.3 Å². The number of furan rings is 1. The van der Waals surface area contributed by atoms with Crippen LogP contribution in [0.2, 0.25) is 0 Å². The average molecular weight is 357 g/mol. The van der Waals surface area contributed by atoms with E-state index in [0.29, 0.717) is 0 Å². The molecule has 0 aliphatic rings. The van der Waals surface area contributed by atoms with Crippen molar-refractivity contribution < 1.29 is 4.42 Å². The minimum atomic E-state index is 0.885. The zero-order chi connectivity index (χ0) is 18.7. The summed E-state index contributed by atoms with van der Waals surface area (Å²) >= 11 is 0. The fraction of sp³-hybridized carbons (Fsp3) is 0.308. The van der Waals surface area contributed by atoms with Crippen molar-refractivity contribution in [3.63, 3.8) is 0 Å². The van der Waals surface area contributed by atoms with Crippen molar-refractivity contribution in [2.24, 2.45) is 0 Å². The Balaban J connectivity index is 1.50. The van der Waals surface area contributed by atoms with Gasteiger partial charge in [-0.05, 0) is 54.8 Å². The van der Waals surface area contributed by atoms with E-state index in [1.807, 2.05) is 36.4 Å². The van der Waals surface area contributed by atoms with Crippen LogP contribution in [-0.2, 0) is 6.42 Å². The molecule has 0 saturated carbocycles. The van der Waals surface area contributed by atoms with Gasteiger partial charge in [0, 0.05) is 16.7 Å². The Kier molecular flexibility index (Phi) is 7.36. The molecule has 1 aromatic heterocycles. The van der Waals surface area contributed by atoms with E-state index in [1.165, 1.54) is 50.5 Å². The summed E-state index contributed by atoms with van der Waals surface area (Å²) < 4.78 is 5.42. The van der Waals surface area contributed by atoms with E-state index >= 15 is 0 Å². The lowest BCUT2D eigenvalue weighted by molar-refractivity contribution is 0.582. The van der Waals surface area contributed by atoms with Crippen molar-refractivity contribution in [1.82, 2.24) is 0 Å². The summed E-state index contributed by atoms with van der Waals surface area (Å²) in [6.45, 7) is 2.26. The molecular formula is C26H28O. The van der Waals surface area contributed by atoms with Gasteiger partial charge in [0.25, 0.3) is 0 Å². The van der Waals surface area contributed by atoms with E-state index in [-0.39, 0.29) is 0 Å². The van der Waals surface area contributed by atoms with Gasteiger partial charge < -0.3 is 4.42 Å². The largest absolute Gasteiger partial charge is 0.464 e. The third-order valence-corrected chi connectivity index (χ3v) is 4.81. The van der Waals surface area contributed by atoms with Gasteiger partial charge in [0.15, 0.2) is 0 Å². The molecule has 0 fully saturated rings. The van der Waals surface area contributed by atoms with Crippen LogP contribution in [0.5, 0.6) is 0 Å². The van der Waals surface area contributed by atoms with Crippen LogP contribution in [0.4, 0.5) is 0 Å². The highest BCUT2D eigenvalue weighted by Gasteiger charge is 1.99. The zero-order valence-corrected chi connectivity index (χ0v) is 16.2. The van der Waals surface area contributed by atoms with Gasteiger partial charge in [-0.25, -0.2) is 0 Å². The maximum atomic E-state index is 5.42. The Bertz CT molecular complexity index is 843. The molecule has 0 unspecified atom stereocenters. The molecule has 0 aliphatic heterocycles. The molecular weight excluding hydrogens is 328 g/mol. The van der Waals surface area contributed by atoms with Gasteiger partial charge in [0.2, 0.25) is 0 Å². The molecule has 3 rings (SSSR count). The van der Waals surface area contributed by atoms with Crippen LogP contribution in [0.1, 0.15) is 62.1 Å². The summed E-state index contributed by atoms with van der Waals surface area (Å²) in [7, 11) is 0. The summed E-state index contributed by atoms with van der Waals surface area (Å²) in [5.41, 5.74) is 4.57. The lowest BCUT2D eigenvalue weighted by Crippen LogP contribution is -1.87. The molecule has 0 aliphatic carbocycles. The van der Waals surface area contributed by atoms with Gasteiger partial charge in [-0.1, -0.05) is 75.1 Å². The second kappa shape index (κ2) is 10.4. The summed E-state index contributed by atoms with van der Waals surface area (Å²) in [5.74, 6) is 7.39. The van der Waals surface area contributed by atoms with Gasteiger partial charge in [-0.15, -0.1) is 0 Å². The minimum absolute atomic E-state index is 0.885. The molecule has 0 radical (unpaired) electrons. The monoisotopic (exact) mass is 356 g/mol. The Morgan fingerprint density at radius 2 is 1.33 bits per heavy atom. The maximum Gasteiger partial charge on any atom is 0.133 e. The van der Waals surface area contributed by atoms with Crippen LogP contribution in [0.3, 0.4) is 0 Å². The van der Waals surface area contributed by atoms with E-state index in [0.717, 1.165) is 22.5 Å². The second-order valence-electron chi connectivity index (χ2n) is 7.02. The Labute approximate surface area is 163 Å². The number of aryl methyl sites for hydroxylation is 1. The third kappa shape index (κ3) is 6.19. The molecule has 0 N–H and O–H groups in total. The van der Waals surface area contributed by atoms with E-state index in [2.05, 4.69) is 43.0 Å². The Hall–Kier alpha value is -2.72. The molecule has 1 heterocycles. The van der Waals surface area contributed by atoms with Gasteiger partial charge >= 0.3 is 0 Å². The first kappa shape index (κ1) is 19.1. The standard InChI is InChI=1S/C26H28O/c1-2-3-4-5-6-7-9-22-11-13-23(14-12-22)15-16-24-17-19-25(20-18-24)26-10-8-21-27-26/h8,10-14,17-21H,2-7,9H2,1H3. The highest BCUT2D eigenvalue weighted by molar-refractivity contribution is 5.59. The molecule has 2 aromatic carbocycles. The molecule has 1 nitrogen and oxygen atoms in total. The fourth-order valence-electron chi connectivity index (χ4n) is 3.17. The minimum Gasteiger partial charge on any atom is -0.464 e. The van der Waals surface area contributed by atoms with Crippen molar-refractivity contribution in [3.05, 3.63) is 83.6 Å². The zero-order valence-electron chi connectivity index (χ0n) is 16.2. The SMILES string of the molecule is CCCCCCCCc1ccc(C#Cc2ccc(-c3ccco3)cc2)cc1. The number of benzene rings is 2. The second-order valence-corrected chi connectivity index (χ2v) is 7.02. The number of unbranched alkanes of at least 4 members (excludes halogenated alkanes) is 5. The van der Waals surface area contributed by atoms with E-state index in [4.69, 9.17) is 4.42 Å². The van der Waals surface area contributed by atoms with Crippen molar-refractivity contribution >= 4 is 0 Å². The number of hydrogen-bond donors (Lipinski definition) is 0. The normalized spacial score (nSPS) is 10.4. The third-order valence-electron chi connectivity index (χ3n) is 4.81. The van der Waals surface area contributed by atoms with Crippen molar-refractivity contribution in [1.29, 1.82) is 0 Å². The topological polar surface area (TPSA) is 13.1 Å². The average Bonchev–Trinajstić information content (AvgIpc) is 3.25. The van der Waals surface area contributed by atoms with Crippen molar-refractivity contribution in [2.75, 3.05) is 0 Å². The maximum absolute atomic E-state index is 5.42. The fourth-order valence-corrected chi connectivity index (χ4v) is 3.17. The van der Waals surface area contributed by atoms with Gasteiger partial charge in [0.1, 0.15) is 5.76 Å². The molecule has 0 bridgehead atoms. The molecule has 0 spiro atoms. The predicted molar refractivity (Wildman–Crippen MR) is 114 cm³/mol. The molecule has 27 heavy (non-hydrogen) atoms. The summed E-state index contributed by atoms with van der Waals surface area (Å²) in [4.78, 5) is 0. The van der Waals surface area contributed by atoms with Gasteiger partial charge in [0.05, 0.1) is 6.26 Å². The lowest BCUT2D eigenvalue weighted by Gasteiger charge is -2.02. The molecule has 0 amide bonds. The van der Waals surface area contributed by atoms with E-state index < -0.39 is 0 Å². The smallest absolute Gasteiger partial charge is 0.133 e. The van der Waals surface area contributed by atoms with Gasteiger partial charge in [-0.3, -0.25) is 0 Å². The van der Waals surface area contributed by atoms with Crippen LogP contribution in [0, 0.1) is 11.8 Å². The molecule has 0 atom stereocenters. The van der Waals surface area contributed by atoms with Crippen molar-refractivity contribution in [3.8, 4) is 23.2 Å². The van der Waals surface area contributed by atoms with E-state index in [1.54, 1.807) is 6.26 Å².